The van der Waals surface area contributed by atoms with Gasteiger partial charge in [0.25, 0.3) is 11.5 Å². The summed E-state index contributed by atoms with van der Waals surface area (Å²) in [4.78, 5) is 34.5. The highest BCUT2D eigenvalue weighted by Crippen LogP contribution is 2.16. The van der Waals surface area contributed by atoms with Crippen LogP contribution in [-0.2, 0) is 13.0 Å². The van der Waals surface area contributed by atoms with Crippen LogP contribution in [0.1, 0.15) is 29.0 Å². The van der Waals surface area contributed by atoms with E-state index in [2.05, 4.69) is 27.1 Å². The van der Waals surface area contributed by atoms with Gasteiger partial charge in [-0.1, -0.05) is 0 Å². The highest BCUT2D eigenvalue weighted by atomic mass is 16.1. The van der Waals surface area contributed by atoms with Gasteiger partial charge in [0, 0.05) is 57.8 Å². The summed E-state index contributed by atoms with van der Waals surface area (Å²) >= 11 is 0. The van der Waals surface area contributed by atoms with Gasteiger partial charge in [-0.25, -0.2) is 4.98 Å². The molecule has 2 aliphatic rings. The predicted molar refractivity (Wildman–Crippen MR) is 105 cm³/mol. The summed E-state index contributed by atoms with van der Waals surface area (Å²) in [6.45, 7) is 6.46. The minimum absolute atomic E-state index is 0.0109. The van der Waals surface area contributed by atoms with Crippen LogP contribution < -0.4 is 10.9 Å². The number of nitrogens with one attached hydrogen (secondary N) is 1. The van der Waals surface area contributed by atoms with Gasteiger partial charge in [-0.15, -0.1) is 0 Å². The van der Waals surface area contributed by atoms with Crippen molar-refractivity contribution in [1.82, 2.24) is 24.7 Å². The Morgan fingerprint density at radius 2 is 1.96 bits per heavy atom. The molecule has 0 aliphatic carbocycles. The summed E-state index contributed by atoms with van der Waals surface area (Å²) in [5, 5.41) is 3.59. The molecule has 1 amide bonds. The number of carbonyl (C=O) groups excluding carboxylic acids is 1. The van der Waals surface area contributed by atoms with Gasteiger partial charge in [0.05, 0.1) is 10.9 Å². The molecule has 1 fully saturated rings. The molecular weight excluding hydrogens is 342 g/mol. The van der Waals surface area contributed by atoms with Crippen molar-refractivity contribution in [1.29, 1.82) is 0 Å². The number of aryl methyl sites for hydroxylation is 1. The van der Waals surface area contributed by atoms with Gasteiger partial charge in [-0.2, -0.15) is 0 Å². The molecule has 0 radical (unpaired) electrons. The van der Waals surface area contributed by atoms with E-state index >= 15 is 0 Å². The molecule has 0 spiro atoms. The summed E-state index contributed by atoms with van der Waals surface area (Å²) in [6, 6.07) is 5.21. The van der Waals surface area contributed by atoms with E-state index in [-0.39, 0.29) is 11.5 Å². The van der Waals surface area contributed by atoms with E-state index < -0.39 is 0 Å². The van der Waals surface area contributed by atoms with E-state index in [1.807, 2.05) is 0 Å². The second-order valence-electron chi connectivity index (χ2n) is 7.57. The Labute approximate surface area is 159 Å². The second-order valence-corrected chi connectivity index (χ2v) is 7.57. The van der Waals surface area contributed by atoms with Crippen molar-refractivity contribution in [2.24, 2.45) is 0 Å². The Morgan fingerprint density at radius 1 is 1.15 bits per heavy atom. The van der Waals surface area contributed by atoms with Crippen LogP contribution in [0.3, 0.4) is 0 Å². The van der Waals surface area contributed by atoms with Crippen molar-refractivity contribution in [2.45, 2.75) is 25.8 Å². The summed E-state index contributed by atoms with van der Waals surface area (Å²) < 4.78 is 1.78. The SMILES string of the molecule is CN1CCN(CCNC(=O)c2ccc3c(=O)n4c(nc3c2)CCCC4)CC1. The van der Waals surface area contributed by atoms with Crippen molar-refractivity contribution in [3.8, 4) is 0 Å². The largest absolute Gasteiger partial charge is 0.351 e. The molecule has 3 heterocycles. The van der Waals surface area contributed by atoms with Crippen LogP contribution in [-0.4, -0.2) is 71.6 Å². The number of piperazine rings is 1. The molecule has 2 aliphatic heterocycles. The second kappa shape index (κ2) is 7.78. The summed E-state index contributed by atoms with van der Waals surface area (Å²) in [5.41, 5.74) is 1.20. The third-order valence-corrected chi connectivity index (χ3v) is 5.64. The van der Waals surface area contributed by atoms with Gasteiger partial charge in [0.1, 0.15) is 5.82 Å². The molecule has 1 saturated heterocycles. The molecule has 7 nitrogen and oxygen atoms in total. The van der Waals surface area contributed by atoms with E-state index in [9.17, 15) is 9.59 Å². The topological polar surface area (TPSA) is 70.5 Å². The molecule has 1 N–H and O–H groups in total. The molecule has 0 unspecified atom stereocenters. The molecule has 2 aromatic rings. The predicted octanol–water partition coefficient (Wildman–Crippen LogP) is 0.710. The zero-order valence-corrected chi connectivity index (χ0v) is 15.9. The minimum Gasteiger partial charge on any atom is -0.351 e. The maximum atomic E-state index is 12.6. The number of aromatic nitrogens is 2. The molecule has 7 heteroatoms. The average molecular weight is 369 g/mol. The third kappa shape index (κ3) is 3.89. The first-order valence-electron chi connectivity index (χ1n) is 9.84. The van der Waals surface area contributed by atoms with Crippen molar-refractivity contribution in [2.75, 3.05) is 46.3 Å². The Balaban J connectivity index is 1.44. The highest BCUT2D eigenvalue weighted by Gasteiger charge is 2.17. The van der Waals surface area contributed by atoms with E-state index in [0.29, 0.717) is 23.0 Å². The van der Waals surface area contributed by atoms with Gasteiger partial charge < -0.3 is 10.2 Å². The maximum absolute atomic E-state index is 12.6. The number of nitrogens with zero attached hydrogens (tertiary/aromatic N) is 4. The lowest BCUT2D eigenvalue weighted by molar-refractivity contribution is 0.0941. The Bertz CT molecular complexity index is 899. The molecule has 1 aromatic carbocycles. The highest BCUT2D eigenvalue weighted by molar-refractivity contribution is 5.97. The number of likely N-dealkylation sites (N-methyl/N-ethyl adjacent to an activating group) is 1. The lowest BCUT2D eigenvalue weighted by atomic mass is 10.1. The zero-order valence-electron chi connectivity index (χ0n) is 15.9. The lowest BCUT2D eigenvalue weighted by Crippen LogP contribution is -2.46. The van der Waals surface area contributed by atoms with Crippen LogP contribution in [0.5, 0.6) is 0 Å². The molecule has 27 heavy (non-hydrogen) atoms. The number of benzene rings is 1. The Morgan fingerprint density at radius 3 is 2.78 bits per heavy atom. The van der Waals surface area contributed by atoms with E-state index in [1.165, 1.54) is 0 Å². The average Bonchev–Trinajstić information content (AvgIpc) is 2.69. The standard InChI is InChI=1S/C20H27N5O2/c1-23-10-12-24(13-11-23)9-7-21-19(26)15-5-6-16-17(14-15)22-18-4-2-3-8-25(18)20(16)27/h5-6,14H,2-4,7-13H2,1H3,(H,21,26). The van der Waals surface area contributed by atoms with Crippen molar-refractivity contribution in [3.63, 3.8) is 0 Å². The normalized spacial score (nSPS) is 18.4. The number of fused-ring (bicyclic) bond motifs is 2. The first-order chi connectivity index (χ1) is 13.1. The number of carbonyl (C=O) groups is 1. The third-order valence-electron chi connectivity index (χ3n) is 5.64. The summed E-state index contributed by atoms with van der Waals surface area (Å²) in [7, 11) is 2.13. The van der Waals surface area contributed by atoms with Crippen molar-refractivity contribution >= 4 is 16.8 Å². The van der Waals surface area contributed by atoms with Gasteiger partial charge >= 0.3 is 0 Å². The Hall–Kier alpha value is -2.25. The first-order valence-corrected chi connectivity index (χ1v) is 9.84. The lowest BCUT2D eigenvalue weighted by Gasteiger charge is -2.32. The van der Waals surface area contributed by atoms with E-state index in [4.69, 9.17) is 0 Å². The van der Waals surface area contributed by atoms with Crippen LogP contribution in [0.4, 0.5) is 0 Å². The van der Waals surface area contributed by atoms with Gasteiger partial charge in [-0.3, -0.25) is 19.1 Å². The molecule has 0 saturated carbocycles. The summed E-state index contributed by atoms with van der Waals surface area (Å²) in [5.74, 6) is 0.733. The van der Waals surface area contributed by atoms with Gasteiger partial charge in [0.15, 0.2) is 0 Å². The molecule has 144 valence electrons. The molecule has 0 atom stereocenters. The van der Waals surface area contributed by atoms with Crippen molar-refractivity contribution in [3.05, 3.63) is 39.9 Å². The van der Waals surface area contributed by atoms with Gasteiger partial charge in [-0.05, 0) is 38.1 Å². The van der Waals surface area contributed by atoms with Gasteiger partial charge in [0.2, 0.25) is 0 Å². The minimum atomic E-state index is -0.106. The number of hydrogen-bond acceptors (Lipinski definition) is 5. The fourth-order valence-electron chi connectivity index (χ4n) is 3.88. The monoisotopic (exact) mass is 369 g/mol. The molecule has 1 aromatic heterocycles. The molecule has 4 rings (SSSR count). The zero-order chi connectivity index (χ0) is 18.8. The number of hydrogen-bond donors (Lipinski definition) is 1. The quantitative estimate of drug-likeness (QED) is 0.860. The van der Waals surface area contributed by atoms with Crippen LogP contribution in [0, 0.1) is 0 Å². The smallest absolute Gasteiger partial charge is 0.261 e. The summed E-state index contributed by atoms with van der Waals surface area (Å²) in [6.07, 6.45) is 2.91. The number of amides is 1. The van der Waals surface area contributed by atoms with Crippen LogP contribution in [0.15, 0.2) is 23.0 Å². The molecule has 0 bridgehead atoms. The van der Waals surface area contributed by atoms with E-state index in [1.54, 1.807) is 22.8 Å². The van der Waals surface area contributed by atoms with Crippen LogP contribution >= 0.6 is 0 Å². The number of rotatable bonds is 4. The fraction of sp³-hybridized carbons (Fsp3) is 0.550. The van der Waals surface area contributed by atoms with Crippen molar-refractivity contribution < 1.29 is 4.79 Å². The molecular formula is C20H27N5O2. The Kier molecular flexibility index (Phi) is 5.22. The fourth-order valence-corrected chi connectivity index (χ4v) is 3.88. The first kappa shape index (κ1) is 18.1. The van der Waals surface area contributed by atoms with Crippen LogP contribution in [0.25, 0.3) is 10.9 Å². The van der Waals surface area contributed by atoms with E-state index in [0.717, 1.165) is 64.4 Å². The van der Waals surface area contributed by atoms with Crippen LogP contribution in [0.2, 0.25) is 0 Å². The maximum Gasteiger partial charge on any atom is 0.261 e.